The van der Waals surface area contributed by atoms with Crippen molar-refractivity contribution in [2.45, 2.75) is 39.8 Å². The smallest absolute Gasteiger partial charge is 0.407 e. The Balaban J connectivity index is 2.21. The molecule has 1 aromatic carbocycles. The fourth-order valence-electron chi connectivity index (χ4n) is 2.52. The van der Waals surface area contributed by atoms with Crippen molar-refractivity contribution in [1.82, 2.24) is 15.1 Å². The highest BCUT2D eigenvalue weighted by atomic mass is 16.6. The van der Waals surface area contributed by atoms with Crippen LogP contribution in [0.2, 0.25) is 0 Å². The van der Waals surface area contributed by atoms with Gasteiger partial charge in [0.1, 0.15) is 17.0 Å². The topological polar surface area (TPSA) is 91.7 Å². The molecule has 1 N–H and O–H groups in total. The number of ether oxygens (including phenoxy) is 3. The van der Waals surface area contributed by atoms with Crippen LogP contribution in [0.3, 0.4) is 0 Å². The number of para-hydroxylation sites is 1. The molecule has 0 aliphatic rings. The molecule has 0 radical (unpaired) electrons. The lowest BCUT2D eigenvalue weighted by molar-refractivity contribution is 0.0512. The fourth-order valence-corrected chi connectivity index (χ4v) is 2.52. The molecule has 0 aliphatic carbocycles. The third-order valence-electron chi connectivity index (χ3n) is 3.64. The van der Waals surface area contributed by atoms with Crippen molar-refractivity contribution in [1.29, 1.82) is 0 Å². The average molecular weight is 389 g/mol. The number of rotatable bonds is 7. The zero-order valence-corrected chi connectivity index (χ0v) is 16.9. The Morgan fingerprint density at radius 3 is 2.57 bits per heavy atom. The number of methoxy groups -OCH3 is 1. The van der Waals surface area contributed by atoms with Gasteiger partial charge in [-0.1, -0.05) is 12.1 Å². The minimum absolute atomic E-state index is 0.244. The van der Waals surface area contributed by atoms with Gasteiger partial charge in [-0.2, -0.15) is 5.10 Å². The number of nitrogens with zero attached hydrogens (tertiary/aromatic N) is 2. The summed E-state index contributed by atoms with van der Waals surface area (Å²) in [5.41, 5.74) is 1.06. The maximum atomic E-state index is 12.3. The van der Waals surface area contributed by atoms with E-state index in [1.54, 1.807) is 40.9 Å². The monoisotopic (exact) mass is 389 g/mol. The standard InChI is InChI=1S/C20H27N3O5/c1-6-27-18(24)16-13-15(14-9-7-8-10-17(14)26-5)22-23(16)12-11-21-19(25)28-20(2,3)4/h7-10,13H,6,11-12H2,1-5H3,(H,21,25). The van der Waals surface area contributed by atoms with Gasteiger partial charge in [-0.3, -0.25) is 4.68 Å². The summed E-state index contributed by atoms with van der Waals surface area (Å²) in [5, 5.41) is 7.17. The molecule has 0 atom stereocenters. The van der Waals surface area contributed by atoms with E-state index in [4.69, 9.17) is 14.2 Å². The van der Waals surface area contributed by atoms with Crippen LogP contribution in [0.1, 0.15) is 38.2 Å². The number of esters is 1. The number of carbonyl (C=O) groups is 2. The number of carbonyl (C=O) groups excluding carboxylic acids is 2. The Labute approximate surface area is 164 Å². The highest BCUT2D eigenvalue weighted by molar-refractivity contribution is 5.89. The maximum Gasteiger partial charge on any atom is 0.407 e. The van der Waals surface area contributed by atoms with E-state index in [0.29, 0.717) is 17.1 Å². The van der Waals surface area contributed by atoms with Crippen LogP contribution in [-0.4, -0.2) is 47.7 Å². The van der Waals surface area contributed by atoms with Gasteiger partial charge in [0.15, 0.2) is 0 Å². The molecule has 0 unspecified atom stereocenters. The Morgan fingerprint density at radius 1 is 1.21 bits per heavy atom. The summed E-state index contributed by atoms with van der Waals surface area (Å²) < 4.78 is 17.2. The molecular formula is C20H27N3O5. The van der Waals surface area contributed by atoms with E-state index in [-0.39, 0.29) is 19.7 Å². The lowest BCUT2D eigenvalue weighted by Gasteiger charge is -2.19. The van der Waals surface area contributed by atoms with Crippen LogP contribution in [0, 0.1) is 0 Å². The van der Waals surface area contributed by atoms with Crippen LogP contribution in [0.5, 0.6) is 5.75 Å². The second-order valence-corrected chi connectivity index (χ2v) is 6.99. The van der Waals surface area contributed by atoms with E-state index >= 15 is 0 Å². The number of hydrogen-bond acceptors (Lipinski definition) is 6. The highest BCUT2D eigenvalue weighted by Crippen LogP contribution is 2.29. The van der Waals surface area contributed by atoms with Gasteiger partial charge in [0, 0.05) is 12.1 Å². The van der Waals surface area contributed by atoms with Gasteiger partial charge in [-0.05, 0) is 45.9 Å². The van der Waals surface area contributed by atoms with Crippen LogP contribution >= 0.6 is 0 Å². The van der Waals surface area contributed by atoms with Crippen LogP contribution in [0.4, 0.5) is 4.79 Å². The van der Waals surface area contributed by atoms with Gasteiger partial charge in [0.05, 0.1) is 26.0 Å². The minimum Gasteiger partial charge on any atom is -0.496 e. The molecule has 2 rings (SSSR count). The van der Waals surface area contributed by atoms with Gasteiger partial charge in [0.2, 0.25) is 0 Å². The van der Waals surface area contributed by atoms with Crippen molar-refractivity contribution in [2.75, 3.05) is 20.3 Å². The second kappa shape index (κ2) is 9.25. The van der Waals surface area contributed by atoms with E-state index in [2.05, 4.69) is 10.4 Å². The Hall–Kier alpha value is -3.03. The van der Waals surface area contributed by atoms with Crippen LogP contribution in [0.15, 0.2) is 30.3 Å². The average Bonchev–Trinajstić information content (AvgIpc) is 3.04. The third-order valence-corrected chi connectivity index (χ3v) is 3.64. The molecule has 8 heteroatoms. The molecule has 0 bridgehead atoms. The van der Waals surface area contributed by atoms with Crippen molar-refractivity contribution in [3.63, 3.8) is 0 Å². The van der Waals surface area contributed by atoms with E-state index in [9.17, 15) is 9.59 Å². The second-order valence-electron chi connectivity index (χ2n) is 6.99. The molecule has 0 fully saturated rings. The molecule has 0 spiro atoms. The molecule has 1 heterocycles. The zero-order valence-electron chi connectivity index (χ0n) is 16.9. The molecule has 8 nitrogen and oxygen atoms in total. The molecule has 1 amide bonds. The minimum atomic E-state index is -0.580. The first kappa shape index (κ1) is 21.3. The Morgan fingerprint density at radius 2 is 1.93 bits per heavy atom. The predicted octanol–water partition coefficient (Wildman–Crippen LogP) is 3.26. The number of nitrogens with one attached hydrogen (secondary N) is 1. The lowest BCUT2D eigenvalue weighted by atomic mass is 10.1. The molecule has 0 saturated heterocycles. The zero-order chi connectivity index (χ0) is 20.7. The first-order valence-electron chi connectivity index (χ1n) is 9.10. The van der Waals surface area contributed by atoms with Gasteiger partial charge in [0.25, 0.3) is 0 Å². The molecule has 0 aliphatic heterocycles. The first-order chi connectivity index (χ1) is 13.2. The normalized spacial score (nSPS) is 11.0. The molecule has 152 valence electrons. The van der Waals surface area contributed by atoms with Crippen molar-refractivity contribution in [3.05, 3.63) is 36.0 Å². The Bertz CT molecular complexity index is 823. The molecule has 0 saturated carbocycles. The quantitative estimate of drug-likeness (QED) is 0.731. The van der Waals surface area contributed by atoms with Gasteiger partial charge < -0.3 is 19.5 Å². The summed E-state index contributed by atoms with van der Waals surface area (Å²) in [6.45, 7) is 7.89. The molecule has 2 aromatic rings. The number of aromatic nitrogens is 2. The third kappa shape index (κ3) is 5.73. The molecular weight excluding hydrogens is 362 g/mol. The van der Waals surface area contributed by atoms with E-state index in [1.807, 2.05) is 24.3 Å². The number of hydrogen-bond donors (Lipinski definition) is 1. The highest BCUT2D eigenvalue weighted by Gasteiger charge is 2.20. The van der Waals surface area contributed by atoms with Crippen LogP contribution in [-0.2, 0) is 16.0 Å². The number of benzene rings is 1. The summed E-state index contributed by atoms with van der Waals surface area (Å²) in [4.78, 5) is 24.1. The predicted molar refractivity (Wildman–Crippen MR) is 104 cm³/mol. The maximum absolute atomic E-state index is 12.3. The summed E-state index contributed by atoms with van der Waals surface area (Å²) in [7, 11) is 1.58. The van der Waals surface area contributed by atoms with E-state index < -0.39 is 17.7 Å². The van der Waals surface area contributed by atoms with Crippen LogP contribution < -0.4 is 10.1 Å². The van der Waals surface area contributed by atoms with Gasteiger partial charge in [-0.25, -0.2) is 9.59 Å². The largest absolute Gasteiger partial charge is 0.496 e. The van der Waals surface area contributed by atoms with Crippen LogP contribution in [0.25, 0.3) is 11.3 Å². The Kier molecular flexibility index (Phi) is 7.03. The lowest BCUT2D eigenvalue weighted by Crippen LogP contribution is -2.34. The summed E-state index contributed by atoms with van der Waals surface area (Å²) in [6.07, 6.45) is -0.526. The number of alkyl carbamates (subject to hydrolysis) is 1. The van der Waals surface area contributed by atoms with Gasteiger partial charge in [-0.15, -0.1) is 0 Å². The first-order valence-corrected chi connectivity index (χ1v) is 9.10. The van der Waals surface area contributed by atoms with Crippen molar-refractivity contribution in [3.8, 4) is 17.0 Å². The van der Waals surface area contributed by atoms with E-state index in [1.165, 1.54) is 4.68 Å². The summed E-state index contributed by atoms with van der Waals surface area (Å²) in [5.74, 6) is 0.169. The SMILES string of the molecule is CCOC(=O)c1cc(-c2ccccc2OC)nn1CCNC(=O)OC(C)(C)C. The molecule has 1 aromatic heterocycles. The summed E-state index contributed by atoms with van der Waals surface area (Å²) in [6, 6.07) is 9.06. The van der Waals surface area contributed by atoms with Crippen molar-refractivity contribution >= 4 is 12.1 Å². The van der Waals surface area contributed by atoms with Crippen molar-refractivity contribution < 1.29 is 23.8 Å². The number of amides is 1. The summed E-state index contributed by atoms with van der Waals surface area (Å²) >= 11 is 0. The van der Waals surface area contributed by atoms with Gasteiger partial charge >= 0.3 is 12.1 Å². The van der Waals surface area contributed by atoms with E-state index in [0.717, 1.165) is 5.56 Å². The fraction of sp³-hybridized carbons (Fsp3) is 0.450. The molecule has 28 heavy (non-hydrogen) atoms. The van der Waals surface area contributed by atoms with Crippen molar-refractivity contribution in [2.24, 2.45) is 0 Å².